The normalized spacial score (nSPS) is 25.0. The van der Waals surface area contributed by atoms with Gasteiger partial charge < -0.3 is 9.84 Å². The Hall–Kier alpha value is -1.65. The summed E-state index contributed by atoms with van der Waals surface area (Å²) < 4.78 is 5.62. The molecule has 2 rings (SSSR count). The zero-order valence-electron chi connectivity index (χ0n) is 8.87. The Balaban J connectivity index is 1.84. The number of carboxylic acid groups (broad SMARTS) is 1. The summed E-state index contributed by atoms with van der Waals surface area (Å²) in [4.78, 5) is 10.8. The van der Waals surface area contributed by atoms with E-state index in [1.165, 1.54) is 0 Å². The van der Waals surface area contributed by atoms with E-state index in [9.17, 15) is 4.79 Å². The van der Waals surface area contributed by atoms with Crippen LogP contribution in [-0.4, -0.2) is 27.4 Å². The molecule has 1 N–H and O–H groups in total. The molecule has 1 aliphatic carbocycles. The molecule has 86 valence electrons. The Bertz CT molecular complexity index is 348. The molecule has 16 heavy (non-hydrogen) atoms. The van der Waals surface area contributed by atoms with E-state index in [1.54, 1.807) is 18.3 Å². The van der Waals surface area contributed by atoms with Gasteiger partial charge in [0.05, 0.1) is 5.92 Å². The molecule has 1 heterocycles. The average molecular weight is 222 g/mol. The Morgan fingerprint density at radius 3 is 2.69 bits per heavy atom. The second-order valence-electron chi connectivity index (χ2n) is 3.99. The fourth-order valence-corrected chi connectivity index (χ4v) is 1.95. The first-order chi connectivity index (χ1) is 7.75. The van der Waals surface area contributed by atoms with Crippen LogP contribution >= 0.6 is 0 Å². The van der Waals surface area contributed by atoms with Crippen LogP contribution in [0.2, 0.25) is 0 Å². The molecule has 1 aromatic heterocycles. The van der Waals surface area contributed by atoms with Crippen molar-refractivity contribution in [3.8, 4) is 5.88 Å². The highest BCUT2D eigenvalue weighted by Gasteiger charge is 2.26. The van der Waals surface area contributed by atoms with Gasteiger partial charge in [-0.05, 0) is 31.7 Å². The van der Waals surface area contributed by atoms with Gasteiger partial charge in [-0.25, -0.2) is 0 Å². The summed E-state index contributed by atoms with van der Waals surface area (Å²) in [6.07, 6.45) is 4.57. The van der Waals surface area contributed by atoms with Gasteiger partial charge in [-0.1, -0.05) is 0 Å². The van der Waals surface area contributed by atoms with E-state index in [2.05, 4.69) is 10.2 Å². The van der Waals surface area contributed by atoms with E-state index in [-0.39, 0.29) is 12.0 Å². The Kier molecular flexibility index (Phi) is 3.34. The molecule has 1 aromatic rings. The van der Waals surface area contributed by atoms with Crippen LogP contribution in [0.1, 0.15) is 25.7 Å². The lowest BCUT2D eigenvalue weighted by molar-refractivity contribution is -0.143. The van der Waals surface area contributed by atoms with Crippen molar-refractivity contribution < 1.29 is 14.6 Å². The van der Waals surface area contributed by atoms with E-state index in [0.29, 0.717) is 18.7 Å². The quantitative estimate of drug-likeness (QED) is 0.839. The molecule has 0 radical (unpaired) electrons. The standard InChI is InChI=1S/C11H14N2O3/c14-11(15)8-3-5-9(6-4-8)16-10-2-1-7-12-13-10/h1-2,7-9H,3-6H2,(H,14,15)/t8-,9-. The predicted octanol–water partition coefficient (Wildman–Crippen LogP) is 1.50. The number of carbonyl (C=O) groups is 1. The van der Waals surface area contributed by atoms with Crippen LogP contribution in [0.25, 0.3) is 0 Å². The van der Waals surface area contributed by atoms with Crippen LogP contribution in [0.4, 0.5) is 0 Å². The lowest BCUT2D eigenvalue weighted by Crippen LogP contribution is -2.28. The van der Waals surface area contributed by atoms with Gasteiger partial charge in [0.15, 0.2) is 0 Å². The molecule has 0 atom stereocenters. The third kappa shape index (κ3) is 2.68. The molecule has 0 aliphatic heterocycles. The molecule has 0 unspecified atom stereocenters. The van der Waals surface area contributed by atoms with E-state index in [4.69, 9.17) is 9.84 Å². The maximum absolute atomic E-state index is 10.8. The number of ether oxygens (including phenoxy) is 1. The highest BCUT2D eigenvalue weighted by Crippen LogP contribution is 2.26. The van der Waals surface area contributed by atoms with Gasteiger partial charge in [0.25, 0.3) is 0 Å². The highest BCUT2D eigenvalue weighted by atomic mass is 16.5. The fourth-order valence-electron chi connectivity index (χ4n) is 1.95. The van der Waals surface area contributed by atoms with Crippen molar-refractivity contribution in [2.75, 3.05) is 0 Å². The van der Waals surface area contributed by atoms with Crippen LogP contribution in [0.3, 0.4) is 0 Å². The summed E-state index contributed by atoms with van der Waals surface area (Å²) in [6, 6.07) is 3.53. The van der Waals surface area contributed by atoms with Crippen molar-refractivity contribution >= 4 is 5.97 Å². The molecule has 1 aliphatic rings. The van der Waals surface area contributed by atoms with E-state index in [0.717, 1.165) is 12.8 Å². The molecule has 5 heteroatoms. The van der Waals surface area contributed by atoms with Crippen LogP contribution < -0.4 is 4.74 Å². The molecule has 1 saturated carbocycles. The van der Waals surface area contributed by atoms with Crippen molar-refractivity contribution in [1.29, 1.82) is 0 Å². The Morgan fingerprint density at radius 2 is 2.12 bits per heavy atom. The number of rotatable bonds is 3. The zero-order valence-corrected chi connectivity index (χ0v) is 8.87. The van der Waals surface area contributed by atoms with Gasteiger partial charge in [0, 0.05) is 12.3 Å². The minimum absolute atomic E-state index is 0.0762. The smallest absolute Gasteiger partial charge is 0.306 e. The Labute approximate surface area is 93.5 Å². The van der Waals surface area contributed by atoms with Crippen LogP contribution in [0.15, 0.2) is 18.3 Å². The van der Waals surface area contributed by atoms with Crippen LogP contribution in [-0.2, 0) is 4.79 Å². The molecule has 0 spiro atoms. The first-order valence-electron chi connectivity index (χ1n) is 5.43. The largest absolute Gasteiger partial charge is 0.481 e. The number of carboxylic acids is 1. The van der Waals surface area contributed by atoms with E-state index >= 15 is 0 Å². The van der Waals surface area contributed by atoms with Crippen LogP contribution in [0.5, 0.6) is 5.88 Å². The molecule has 0 amide bonds. The number of hydrogen-bond donors (Lipinski definition) is 1. The lowest BCUT2D eigenvalue weighted by atomic mass is 9.87. The molecule has 0 aromatic carbocycles. The molecular weight excluding hydrogens is 208 g/mol. The molecule has 1 fully saturated rings. The monoisotopic (exact) mass is 222 g/mol. The molecule has 0 saturated heterocycles. The SMILES string of the molecule is O=C(O)[C@H]1CC[C@H](Oc2cccnn2)CC1. The van der Waals surface area contributed by atoms with Crippen molar-refractivity contribution in [2.24, 2.45) is 5.92 Å². The van der Waals surface area contributed by atoms with Crippen molar-refractivity contribution in [3.05, 3.63) is 18.3 Å². The maximum Gasteiger partial charge on any atom is 0.306 e. The predicted molar refractivity (Wildman–Crippen MR) is 56.0 cm³/mol. The summed E-state index contributed by atoms with van der Waals surface area (Å²) in [5.74, 6) is -0.388. The summed E-state index contributed by atoms with van der Waals surface area (Å²) in [5.41, 5.74) is 0. The van der Waals surface area contributed by atoms with Crippen molar-refractivity contribution in [1.82, 2.24) is 10.2 Å². The third-order valence-electron chi connectivity index (χ3n) is 2.86. The van der Waals surface area contributed by atoms with Crippen molar-refractivity contribution in [2.45, 2.75) is 31.8 Å². The second-order valence-corrected chi connectivity index (χ2v) is 3.99. The van der Waals surface area contributed by atoms with E-state index < -0.39 is 5.97 Å². The minimum Gasteiger partial charge on any atom is -0.481 e. The Morgan fingerprint density at radius 1 is 1.38 bits per heavy atom. The summed E-state index contributed by atoms with van der Waals surface area (Å²) >= 11 is 0. The fraction of sp³-hybridized carbons (Fsp3) is 0.545. The molecule has 0 bridgehead atoms. The van der Waals surface area contributed by atoms with Gasteiger partial charge in [-0.2, -0.15) is 5.10 Å². The minimum atomic E-state index is -0.696. The number of hydrogen-bond acceptors (Lipinski definition) is 4. The first kappa shape index (κ1) is 10.9. The van der Waals surface area contributed by atoms with Gasteiger partial charge in [0.2, 0.25) is 5.88 Å². The zero-order chi connectivity index (χ0) is 11.4. The highest BCUT2D eigenvalue weighted by molar-refractivity contribution is 5.70. The first-order valence-corrected chi connectivity index (χ1v) is 5.43. The van der Waals surface area contributed by atoms with Gasteiger partial charge in [0.1, 0.15) is 6.10 Å². The molecular formula is C11H14N2O3. The third-order valence-corrected chi connectivity index (χ3v) is 2.86. The summed E-state index contributed by atoms with van der Waals surface area (Å²) in [6.45, 7) is 0. The van der Waals surface area contributed by atoms with Crippen LogP contribution in [0, 0.1) is 5.92 Å². The van der Waals surface area contributed by atoms with E-state index in [1.807, 2.05) is 0 Å². The average Bonchev–Trinajstić information content (AvgIpc) is 2.31. The van der Waals surface area contributed by atoms with Gasteiger partial charge in [-0.15, -0.1) is 5.10 Å². The second kappa shape index (κ2) is 4.92. The summed E-state index contributed by atoms with van der Waals surface area (Å²) in [7, 11) is 0. The number of aliphatic carboxylic acids is 1. The number of nitrogens with zero attached hydrogens (tertiary/aromatic N) is 2. The molecule has 5 nitrogen and oxygen atoms in total. The summed E-state index contributed by atoms with van der Waals surface area (Å²) in [5, 5.41) is 16.4. The van der Waals surface area contributed by atoms with Crippen molar-refractivity contribution in [3.63, 3.8) is 0 Å². The topological polar surface area (TPSA) is 72.3 Å². The van der Waals surface area contributed by atoms with Gasteiger partial charge >= 0.3 is 5.97 Å². The maximum atomic E-state index is 10.8. The van der Waals surface area contributed by atoms with Gasteiger partial charge in [-0.3, -0.25) is 4.79 Å². The lowest BCUT2D eigenvalue weighted by Gasteiger charge is -2.25. The number of aromatic nitrogens is 2.